The number of nitrogens with zero attached hydrogens (tertiary/aromatic N) is 4. The lowest BCUT2D eigenvalue weighted by atomic mass is 10.1. The van der Waals surface area contributed by atoms with Gasteiger partial charge in [-0.15, -0.1) is 0 Å². The molecule has 0 radical (unpaired) electrons. The van der Waals surface area contributed by atoms with Crippen LogP contribution in [0.3, 0.4) is 0 Å². The van der Waals surface area contributed by atoms with Gasteiger partial charge in [0.15, 0.2) is 0 Å². The van der Waals surface area contributed by atoms with Gasteiger partial charge >= 0.3 is 0 Å². The number of H-pyrrole nitrogens is 1. The van der Waals surface area contributed by atoms with Crippen LogP contribution in [0.15, 0.2) is 67.0 Å². The molecule has 1 unspecified atom stereocenters. The molecule has 5 rings (SSSR count). The number of hydrogen-bond acceptors (Lipinski definition) is 5. The Morgan fingerprint density at radius 3 is 2.55 bits per heavy atom. The zero-order valence-corrected chi connectivity index (χ0v) is 18.8. The van der Waals surface area contributed by atoms with Gasteiger partial charge in [0.25, 0.3) is 0 Å². The van der Waals surface area contributed by atoms with Crippen LogP contribution < -0.4 is 5.32 Å². The number of nitrogens with one attached hydrogen (secondary N) is 2. The quantitative estimate of drug-likeness (QED) is 0.422. The average molecular weight is 446 g/mol. The number of piperazine rings is 1. The van der Waals surface area contributed by atoms with Gasteiger partial charge in [0.1, 0.15) is 17.8 Å². The van der Waals surface area contributed by atoms with E-state index < -0.39 is 13.3 Å². The van der Waals surface area contributed by atoms with Gasteiger partial charge in [-0.2, -0.15) is 0 Å². The molecule has 170 valence electrons. The molecule has 1 aliphatic rings. The molecule has 0 saturated carbocycles. The third-order valence-electron chi connectivity index (χ3n) is 6.28. The number of benzene rings is 2. The van der Waals surface area contributed by atoms with Gasteiger partial charge in [0.2, 0.25) is 0 Å². The molecule has 1 fully saturated rings. The molecule has 6 heteroatoms. The largest absolute Gasteiger partial charge is 0.363 e. The Balaban J connectivity index is 1.24. The topological polar surface area (TPSA) is 60.1 Å². The van der Waals surface area contributed by atoms with Crippen LogP contribution in [0, 0.1) is 0 Å². The highest BCUT2D eigenvalue weighted by atomic mass is 15.3. The van der Waals surface area contributed by atoms with E-state index in [0.29, 0.717) is 26.2 Å². The summed E-state index contributed by atoms with van der Waals surface area (Å²) in [6.07, 6.45) is 1.56. The number of rotatable bonds is 7. The minimum Gasteiger partial charge on any atom is -0.363 e. The molecule has 1 saturated heterocycles. The third-order valence-corrected chi connectivity index (χ3v) is 6.28. The molecule has 0 aliphatic carbocycles. The third kappa shape index (κ3) is 4.92. The Morgan fingerprint density at radius 1 is 1.03 bits per heavy atom. The normalized spacial score (nSPS) is 19.2. The molecular weight excluding hydrogens is 408 g/mol. The highest BCUT2D eigenvalue weighted by Crippen LogP contribution is 2.29. The number of aromatic nitrogens is 3. The molecule has 2 aromatic heterocycles. The molecule has 0 amide bonds. The maximum atomic E-state index is 7.99. The molecule has 33 heavy (non-hydrogen) atoms. The summed E-state index contributed by atoms with van der Waals surface area (Å²) < 4.78 is 38.5. The molecule has 2 N–H and O–H groups in total. The highest BCUT2D eigenvalue weighted by molar-refractivity contribution is 5.91. The summed E-state index contributed by atoms with van der Waals surface area (Å²) in [6.45, 7) is -0.106. The lowest BCUT2D eigenvalue weighted by Gasteiger charge is -2.34. The summed E-state index contributed by atoms with van der Waals surface area (Å²) in [6, 6.07) is 20.8. The molecule has 0 bridgehead atoms. The second kappa shape index (κ2) is 9.73. The molecule has 1 aliphatic heterocycles. The van der Waals surface area contributed by atoms with Crippen molar-refractivity contribution in [1.29, 1.82) is 0 Å². The van der Waals surface area contributed by atoms with Crippen LogP contribution in [0.2, 0.25) is 0 Å². The van der Waals surface area contributed by atoms with Crippen LogP contribution in [-0.4, -0.2) is 57.4 Å². The predicted octanol–water partition coefficient (Wildman–Crippen LogP) is 4.94. The van der Waals surface area contributed by atoms with Gasteiger partial charge in [-0.25, -0.2) is 9.97 Å². The monoisotopic (exact) mass is 445 g/mol. The van der Waals surface area contributed by atoms with Crippen LogP contribution in [0.4, 0.5) is 5.82 Å². The van der Waals surface area contributed by atoms with Crippen molar-refractivity contribution in [3.8, 4) is 11.3 Å². The summed E-state index contributed by atoms with van der Waals surface area (Å²) >= 11 is 0. The molecule has 0 spiro atoms. The first-order chi connectivity index (χ1) is 18.1. The second-order valence-corrected chi connectivity index (χ2v) is 8.52. The van der Waals surface area contributed by atoms with Gasteiger partial charge in [-0.1, -0.05) is 61.4 Å². The zero-order chi connectivity index (χ0) is 26.9. The van der Waals surface area contributed by atoms with Crippen molar-refractivity contribution < 1.29 is 6.85 Å². The van der Waals surface area contributed by atoms with E-state index in [1.54, 1.807) is 6.33 Å². The first kappa shape index (κ1) is 16.4. The Hall–Kier alpha value is -3.22. The Kier molecular flexibility index (Phi) is 4.84. The van der Waals surface area contributed by atoms with E-state index in [1.807, 2.05) is 18.2 Å². The maximum Gasteiger partial charge on any atom is 0.143 e. The Bertz CT molecular complexity index is 1360. The second-order valence-electron chi connectivity index (χ2n) is 8.52. The van der Waals surface area contributed by atoms with Gasteiger partial charge in [0, 0.05) is 51.3 Å². The number of hydrogen-bond donors (Lipinski definition) is 2. The molecule has 3 heterocycles. The van der Waals surface area contributed by atoms with E-state index in [2.05, 4.69) is 74.6 Å². The van der Waals surface area contributed by atoms with Gasteiger partial charge in [-0.05, 0) is 36.2 Å². The lowest BCUT2D eigenvalue weighted by Crippen LogP contribution is -2.45. The minimum absolute atomic E-state index is 0.0981. The van der Waals surface area contributed by atoms with Crippen molar-refractivity contribution in [2.24, 2.45) is 0 Å². The van der Waals surface area contributed by atoms with E-state index in [9.17, 15) is 0 Å². The molecular formula is C27H32N6. The average Bonchev–Trinajstić information content (AvgIpc) is 3.35. The molecule has 1 atom stereocenters. The fourth-order valence-corrected chi connectivity index (χ4v) is 4.31. The fourth-order valence-electron chi connectivity index (χ4n) is 4.31. The lowest BCUT2D eigenvalue weighted by molar-refractivity contribution is 0.132. The predicted molar refractivity (Wildman–Crippen MR) is 135 cm³/mol. The SMILES string of the molecule is [2H]C([2H])([2H])C([2H])([2H])N1CCN(Cc2ccc(-c3cc4c(NC(C)c5ccccc5)ncnc4[nH]3)cc2)CC1. The van der Waals surface area contributed by atoms with Crippen molar-refractivity contribution >= 4 is 16.9 Å². The van der Waals surface area contributed by atoms with Gasteiger partial charge < -0.3 is 15.2 Å². The van der Waals surface area contributed by atoms with Crippen molar-refractivity contribution in [2.45, 2.75) is 26.4 Å². The van der Waals surface area contributed by atoms with Crippen molar-refractivity contribution in [1.82, 2.24) is 24.8 Å². The summed E-state index contributed by atoms with van der Waals surface area (Å²) in [7, 11) is 0. The van der Waals surface area contributed by atoms with E-state index >= 15 is 0 Å². The minimum atomic E-state index is -2.66. The number of aromatic amines is 1. The van der Waals surface area contributed by atoms with E-state index in [0.717, 1.165) is 40.2 Å². The van der Waals surface area contributed by atoms with Crippen LogP contribution >= 0.6 is 0 Å². The van der Waals surface area contributed by atoms with Crippen molar-refractivity contribution in [2.75, 3.05) is 38.0 Å². The summed E-state index contributed by atoms with van der Waals surface area (Å²) in [4.78, 5) is 16.0. The zero-order valence-electron chi connectivity index (χ0n) is 23.8. The first-order valence-corrected chi connectivity index (χ1v) is 11.3. The van der Waals surface area contributed by atoms with E-state index in [-0.39, 0.29) is 6.04 Å². The standard InChI is InChI=1S/C27H32N6/c1-3-32-13-15-33(16-14-32)18-21-9-11-23(12-10-21)25-17-24-26(28-19-29-27(24)31-25)30-20(2)22-7-5-4-6-8-22/h4-12,17,19-20H,3,13-16,18H2,1-2H3,(H2,28,29,30,31)/i1D3,3D2. The maximum absolute atomic E-state index is 7.99. The highest BCUT2D eigenvalue weighted by Gasteiger charge is 2.16. The smallest absolute Gasteiger partial charge is 0.143 e. The van der Waals surface area contributed by atoms with Crippen molar-refractivity contribution in [3.63, 3.8) is 0 Å². The van der Waals surface area contributed by atoms with Crippen LogP contribution in [0.5, 0.6) is 0 Å². The number of fused-ring (bicyclic) bond motifs is 1. The van der Waals surface area contributed by atoms with Crippen LogP contribution in [0.1, 0.15) is 37.8 Å². The Labute approximate surface area is 202 Å². The van der Waals surface area contributed by atoms with Gasteiger partial charge in [0.05, 0.1) is 5.39 Å². The molecule has 6 nitrogen and oxygen atoms in total. The summed E-state index contributed by atoms with van der Waals surface area (Å²) in [5.41, 5.74) is 5.11. The van der Waals surface area contributed by atoms with Gasteiger partial charge in [-0.3, -0.25) is 4.90 Å². The Morgan fingerprint density at radius 2 is 1.79 bits per heavy atom. The number of likely N-dealkylation sites (N-methyl/N-ethyl adjacent to an activating group) is 1. The molecule has 4 aromatic rings. The molecule has 2 aromatic carbocycles. The summed E-state index contributed by atoms with van der Waals surface area (Å²) in [5, 5.41) is 4.44. The van der Waals surface area contributed by atoms with Crippen molar-refractivity contribution in [3.05, 3.63) is 78.1 Å². The summed E-state index contributed by atoms with van der Waals surface area (Å²) in [5.74, 6) is 0.785. The van der Waals surface area contributed by atoms with Crippen LogP contribution in [-0.2, 0) is 6.54 Å². The van der Waals surface area contributed by atoms with Crippen LogP contribution in [0.25, 0.3) is 22.3 Å². The first-order valence-electron chi connectivity index (χ1n) is 13.8. The van der Waals surface area contributed by atoms with E-state index in [4.69, 9.17) is 6.85 Å². The number of anilines is 1. The fraction of sp³-hybridized carbons (Fsp3) is 0.333. The van der Waals surface area contributed by atoms with E-state index in [1.165, 1.54) is 10.5 Å².